The summed E-state index contributed by atoms with van der Waals surface area (Å²) >= 11 is 0. The van der Waals surface area contributed by atoms with Crippen LogP contribution < -0.4 is 5.32 Å². The molecule has 2 N–H and O–H groups in total. The van der Waals surface area contributed by atoms with Crippen molar-refractivity contribution in [3.63, 3.8) is 0 Å². The molecule has 0 saturated carbocycles. The second-order valence-corrected chi connectivity index (χ2v) is 4.24. The summed E-state index contributed by atoms with van der Waals surface area (Å²) < 4.78 is 26.5. The second-order valence-electron chi connectivity index (χ2n) is 4.24. The molecule has 0 bridgehead atoms. The van der Waals surface area contributed by atoms with E-state index in [9.17, 15) is 18.4 Å². The molecule has 0 atom stereocenters. The maximum absolute atomic E-state index is 13.2. The Kier molecular flexibility index (Phi) is 3.70. The number of aromatic hydroxyl groups is 1. The molecule has 21 heavy (non-hydrogen) atoms. The van der Waals surface area contributed by atoms with Crippen LogP contribution in [-0.4, -0.2) is 41.8 Å². The van der Waals surface area contributed by atoms with E-state index in [-0.39, 0.29) is 17.1 Å². The SMILES string of the molecule is CNC(=O)C1=N/C(=C\c2cc(F)c(O)c(F)c2)C(=O)N1C. The van der Waals surface area contributed by atoms with Gasteiger partial charge in [-0.1, -0.05) is 0 Å². The van der Waals surface area contributed by atoms with Crippen molar-refractivity contribution in [2.24, 2.45) is 4.99 Å². The van der Waals surface area contributed by atoms with Gasteiger partial charge in [0.15, 0.2) is 17.4 Å². The van der Waals surface area contributed by atoms with E-state index >= 15 is 0 Å². The van der Waals surface area contributed by atoms with Gasteiger partial charge in [-0.3, -0.25) is 14.5 Å². The van der Waals surface area contributed by atoms with Crippen molar-refractivity contribution in [1.82, 2.24) is 10.2 Å². The van der Waals surface area contributed by atoms with Gasteiger partial charge in [-0.05, 0) is 23.8 Å². The molecular weight excluding hydrogens is 284 g/mol. The number of likely N-dealkylation sites (N-methyl/N-ethyl adjacent to an activating group) is 2. The van der Waals surface area contributed by atoms with Crippen LogP contribution in [-0.2, 0) is 9.59 Å². The van der Waals surface area contributed by atoms with E-state index in [4.69, 9.17) is 5.11 Å². The summed E-state index contributed by atoms with van der Waals surface area (Å²) in [7, 11) is 2.74. The lowest BCUT2D eigenvalue weighted by Gasteiger charge is -2.09. The summed E-state index contributed by atoms with van der Waals surface area (Å²) in [6.07, 6.45) is 1.13. The van der Waals surface area contributed by atoms with E-state index in [2.05, 4.69) is 10.3 Å². The third-order valence-corrected chi connectivity index (χ3v) is 2.84. The summed E-state index contributed by atoms with van der Waals surface area (Å²) in [6.45, 7) is 0. The molecule has 1 heterocycles. The molecule has 2 rings (SSSR count). The van der Waals surface area contributed by atoms with Crippen LogP contribution >= 0.6 is 0 Å². The number of rotatable bonds is 2. The van der Waals surface area contributed by atoms with E-state index < -0.39 is 29.2 Å². The quantitative estimate of drug-likeness (QED) is 0.785. The van der Waals surface area contributed by atoms with Gasteiger partial charge in [0.2, 0.25) is 5.84 Å². The molecule has 0 fully saturated rings. The number of benzene rings is 1. The number of nitrogens with one attached hydrogen (secondary N) is 1. The molecule has 1 aliphatic heterocycles. The first-order valence-corrected chi connectivity index (χ1v) is 5.83. The van der Waals surface area contributed by atoms with Gasteiger partial charge in [0.05, 0.1) is 0 Å². The lowest BCUT2D eigenvalue weighted by Crippen LogP contribution is -2.38. The molecule has 6 nitrogen and oxygen atoms in total. The standard InChI is InChI=1S/C13H11F2N3O3/c1-16-12(20)11-17-9(13(21)18(11)2)5-6-3-7(14)10(19)8(15)4-6/h3-5,19H,1-2H3,(H,16,20)/b9-5-. The number of aliphatic imine (C=N–C) groups is 1. The fraction of sp³-hybridized carbons (Fsp3) is 0.154. The normalized spacial score (nSPS) is 16.4. The van der Waals surface area contributed by atoms with E-state index in [0.29, 0.717) is 0 Å². The first-order valence-electron chi connectivity index (χ1n) is 5.83. The Morgan fingerprint density at radius 1 is 1.38 bits per heavy atom. The van der Waals surface area contributed by atoms with Crippen LogP contribution in [0.3, 0.4) is 0 Å². The van der Waals surface area contributed by atoms with Crippen molar-refractivity contribution >= 4 is 23.7 Å². The van der Waals surface area contributed by atoms with Crippen LogP contribution in [0.25, 0.3) is 6.08 Å². The minimum atomic E-state index is -1.16. The van der Waals surface area contributed by atoms with Gasteiger partial charge < -0.3 is 10.4 Å². The monoisotopic (exact) mass is 295 g/mol. The zero-order chi connectivity index (χ0) is 15.7. The van der Waals surface area contributed by atoms with E-state index in [1.54, 1.807) is 0 Å². The summed E-state index contributed by atoms with van der Waals surface area (Å²) in [6, 6.07) is 1.71. The Hall–Kier alpha value is -2.77. The van der Waals surface area contributed by atoms with Crippen LogP contribution in [0.1, 0.15) is 5.56 Å². The van der Waals surface area contributed by atoms with Gasteiger partial charge in [-0.15, -0.1) is 0 Å². The average molecular weight is 295 g/mol. The number of phenols is 1. The van der Waals surface area contributed by atoms with E-state index in [1.807, 2.05) is 0 Å². The van der Waals surface area contributed by atoms with Gasteiger partial charge in [0.25, 0.3) is 11.8 Å². The van der Waals surface area contributed by atoms with Gasteiger partial charge in [0.1, 0.15) is 5.70 Å². The Balaban J connectivity index is 2.44. The molecular formula is C13H11F2N3O3. The second kappa shape index (κ2) is 5.31. The predicted octanol–water partition coefficient (Wildman–Crippen LogP) is 0.628. The molecule has 0 saturated heterocycles. The van der Waals surface area contributed by atoms with Crippen LogP contribution in [0.5, 0.6) is 5.75 Å². The maximum atomic E-state index is 13.2. The summed E-state index contributed by atoms with van der Waals surface area (Å²) in [4.78, 5) is 28.3. The van der Waals surface area contributed by atoms with E-state index in [0.717, 1.165) is 23.1 Å². The van der Waals surface area contributed by atoms with Gasteiger partial charge >= 0.3 is 0 Å². The molecule has 2 amide bonds. The first-order chi connectivity index (χ1) is 9.85. The number of amides is 2. The van der Waals surface area contributed by atoms with Crippen molar-refractivity contribution < 1.29 is 23.5 Å². The topological polar surface area (TPSA) is 82.0 Å². The molecule has 8 heteroatoms. The van der Waals surface area contributed by atoms with Gasteiger partial charge in [0, 0.05) is 14.1 Å². The molecule has 1 aromatic rings. The van der Waals surface area contributed by atoms with Crippen molar-refractivity contribution in [2.75, 3.05) is 14.1 Å². The third kappa shape index (κ3) is 2.60. The fourth-order valence-electron chi connectivity index (χ4n) is 1.74. The Morgan fingerprint density at radius 3 is 2.48 bits per heavy atom. The van der Waals surface area contributed by atoms with Crippen molar-refractivity contribution in [3.8, 4) is 5.75 Å². The predicted molar refractivity (Wildman–Crippen MR) is 70.3 cm³/mol. The highest BCUT2D eigenvalue weighted by atomic mass is 19.1. The number of carbonyl (C=O) groups excluding carboxylic acids is 2. The van der Waals surface area contributed by atoms with Crippen molar-refractivity contribution in [2.45, 2.75) is 0 Å². The summed E-state index contributed by atoms with van der Waals surface area (Å²) in [5, 5.41) is 11.3. The fourth-order valence-corrected chi connectivity index (χ4v) is 1.74. The van der Waals surface area contributed by atoms with Gasteiger partial charge in [-0.25, -0.2) is 13.8 Å². The molecule has 0 radical (unpaired) electrons. The number of phenolic OH excluding ortho intramolecular Hbond substituents is 1. The average Bonchev–Trinajstić information content (AvgIpc) is 2.72. The Morgan fingerprint density at radius 2 is 1.95 bits per heavy atom. The Labute approximate surface area is 118 Å². The zero-order valence-corrected chi connectivity index (χ0v) is 11.1. The van der Waals surface area contributed by atoms with Crippen LogP contribution in [0.2, 0.25) is 0 Å². The minimum Gasteiger partial charge on any atom is -0.503 e. The lowest BCUT2D eigenvalue weighted by atomic mass is 10.1. The zero-order valence-electron chi connectivity index (χ0n) is 11.1. The molecule has 1 aromatic carbocycles. The molecule has 110 valence electrons. The number of amidine groups is 1. The number of hydrogen-bond donors (Lipinski definition) is 2. The summed E-state index contributed by atoms with van der Waals surface area (Å²) in [5.41, 5.74) is -0.137. The van der Waals surface area contributed by atoms with Crippen molar-refractivity contribution in [3.05, 3.63) is 35.0 Å². The van der Waals surface area contributed by atoms with E-state index in [1.165, 1.54) is 14.1 Å². The maximum Gasteiger partial charge on any atom is 0.287 e. The van der Waals surface area contributed by atoms with Crippen molar-refractivity contribution in [1.29, 1.82) is 0 Å². The number of halogens is 2. The number of nitrogens with zero attached hydrogens (tertiary/aromatic N) is 2. The van der Waals surface area contributed by atoms with Crippen LogP contribution in [0.15, 0.2) is 22.8 Å². The number of hydrogen-bond acceptors (Lipinski definition) is 4. The molecule has 1 aliphatic rings. The highest BCUT2D eigenvalue weighted by Gasteiger charge is 2.30. The molecule has 0 unspecified atom stereocenters. The first kappa shape index (κ1) is 14.6. The molecule has 0 aliphatic carbocycles. The third-order valence-electron chi connectivity index (χ3n) is 2.84. The largest absolute Gasteiger partial charge is 0.503 e. The van der Waals surface area contributed by atoms with Gasteiger partial charge in [-0.2, -0.15) is 0 Å². The molecule has 0 aromatic heterocycles. The smallest absolute Gasteiger partial charge is 0.287 e. The summed E-state index contributed by atoms with van der Waals surface area (Å²) in [5.74, 6) is -4.66. The van der Waals surface area contributed by atoms with Crippen LogP contribution in [0, 0.1) is 11.6 Å². The Bertz CT molecular complexity index is 675. The number of carbonyl (C=O) groups is 2. The molecule has 0 spiro atoms. The highest BCUT2D eigenvalue weighted by Crippen LogP contribution is 2.24. The van der Waals surface area contributed by atoms with Crippen LogP contribution in [0.4, 0.5) is 8.78 Å². The highest BCUT2D eigenvalue weighted by molar-refractivity contribution is 6.43. The lowest BCUT2D eigenvalue weighted by molar-refractivity contribution is -0.123. The minimum absolute atomic E-state index is 0.00135.